The molecule has 314 valence electrons. The number of likely N-dealkylation sites (N-methyl/N-ethyl adjacent to an activating group) is 1. The fourth-order valence-corrected chi connectivity index (χ4v) is 7.17. The first-order chi connectivity index (χ1) is 28.8. The van der Waals surface area contributed by atoms with Crippen LogP contribution in [0.5, 0.6) is 28.7 Å². The molecule has 0 spiro atoms. The number of amides is 3. The van der Waals surface area contributed by atoms with Gasteiger partial charge in [0.15, 0.2) is 23.0 Å². The second-order valence-electron chi connectivity index (χ2n) is 14.2. The van der Waals surface area contributed by atoms with Crippen LogP contribution in [0.3, 0.4) is 0 Å². The maximum atomic E-state index is 13.8. The normalized spacial score (nSPS) is 17.9. The van der Waals surface area contributed by atoms with E-state index in [1.807, 2.05) is 36.5 Å². The maximum Gasteiger partial charge on any atom is 0.409 e. The molecule has 0 N–H and O–H groups in total. The van der Waals surface area contributed by atoms with E-state index in [1.54, 1.807) is 72.9 Å². The zero-order chi connectivity index (χ0) is 42.6. The van der Waals surface area contributed by atoms with Crippen LogP contribution in [0.1, 0.15) is 45.5 Å². The number of benzene rings is 3. The topological polar surface area (TPSA) is 141 Å². The largest absolute Gasteiger partial charge is 0.497 e. The average Bonchev–Trinajstić information content (AvgIpc) is 3.81. The van der Waals surface area contributed by atoms with E-state index in [9.17, 15) is 14.4 Å². The molecular formula is C43H42Cl3N5O9. The lowest BCUT2D eigenvalue weighted by molar-refractivity contribution is 0.0809. The molecule has 3 aromatic carbocycles. The first-order valence-corrected chi connectivity index (χ1v) is 20.1. The molecule has 3 amide bonds. The molecule has 4 aliphatic heterocycles. The van der Waals surface area contributed by atoms with Crippen LogP contribution in [0.25, 0.3) is 5.57 Å². The number of alkyl halides is 3. The van der Waals surface area contributed by atoms with E-state index >= 15 is 0 Å². The average molecular weight is 879 g/mol. The van der Waals surface area contributed by atoms with Crippen molar-refractivity contribution in [1.29, 1.82) is 0 Å². The Morgan fingerprint density at radius 3 is 1.92 bits per heavy atom. The van der Waals surface area contributed by atoms with Crippen LogP contribution >= 0.6 is 34.8 Å². The molecule has 0 saturated carbocycles. The van der Waals surface area contributed by atoms with Crippen molar-refractivity contribution in [1.82, 2.24) is 14.7 Å². The highest BCUT2D eigenvalue weighted by Gasteiger charge is 2.35. The molecule has 14 nitrogen and oxygen atoms in total. The van der Waals surface area contributed by atoms with Crippen LogP contribution in [0.4, 0.5) is 16.2 Å². The summed E-state index contributed by atoms with van der Waals surface area (Å²) in [5.41, 5.74) is 4.67. The Morgan fingerprint density at radius 2 is 1.37 bits per heavy atom. The van der Waals surface area contributed by atoms with Crippen molar-refractivity contribution in [2.24, 2.45) is 9.98 Å². The first-order valence-electron chi connectivity index (χ1n) is 19.0. The summed E-state index contributed by atoms with van der Waals surface area (Å²) in [4.78, 5) is 53.7. The highest BCUT2D eigenvalue weighted by atomic mass is 35.6. The minimum atomic E-state index is -1.70. The molecule has 0 saturated heterocycles. The van der Waals surface area contributed by atoms with Gasteiger partial charge in [0.25, 0.3) is 11.8 Å². The Hall–Kier alpha value is -5.70. The molecule has 0 bridgehead atoms. The van der Waals surface area contributed by atoms with Gasteiger partial charge in [0.2, 0.25) is 3.79 Å². The lowest BCUT2D eigenvalue weighted by Crippen LogP contribution is -2.32. The van der Waals surface area contributed by atoms with Gasteiger partial charge in [0.05, 0.1) is 69.1 Å². The summed E-state index contributed by atoms with van der Waals surface area (Å²) in [6.07, 6.45) is 11.8. The smallest absolute Gasteiger partial charge is 0.409 e. The van der Waals surface area contributed by atoms with E-state index in [0.717, 1.165) is 22.5 Å². The molecule has 60 heavy (non-hydrogen) atoms. The number of rotatable bonds is 14. The minimum Gasteiger partial charge on any atom is -0.497 e. The Balaban J connectivity index is 0.941. The predicted octanol–water partition coefficient (Wildman–Crippen LogP) is 8.34. The highest BCUT2D eigenvalue weighted by molar-refractivity contribution is 6.67. The molecule has 7 rings (SSSR count). The maximum absolute atomic E-state index is 13.8. The molecule has 0 aliphatic carbocycles. The van der Waals surface area contributed by atoms with Crippen molar-refractivity contribution < 1.29 is 42.8 Å². The highest BCUT2D eigenvalue weighted by Crippen LogP contribution is 2.41. The number of nitrogens with zero attached hydrogens (tertiary/aromatic N) is 5. The molecule has 2 unspecified atom stereocenters. The number of carbonyl (C=O) groups excluding carboxylic acids is 3. The summed E-state index contributed by atoms with van der Waals surface area (Å²) in [7, 11) is 6.22. The third-order valence-electron chi connectivity index (χ3n) is 10.1. The molecule has 2 atom stereocenters. The third-order valence-corrected chi connectivity index (χ3v) is 10.4. The number of hydrogen-bond acceptors (Lipinski definition) is 11. The summed E-state index contributed by atoms with van der Waals surface area (Å²) in [6, 6.07) is 14.0. The predicted molar refractivity (Wildman–Crippen MR) is 230 cm³/mol. The van der Waals surface area contributed by atoms with Crippen LogP contribution in [0, 0.1) is 0 Å². The van der Waals surface area contributed by atoms with Gasteiger partial charge in [0, 0.05) is 63.4 Å². The second-order valence-corrected chi connectivity index (χ2v) is 16.7. The molecule has 0 aromatic heterocycles. The molecular weight excluding hydrogens is 837 g/mol. The van der Waals surface area contributed by atoms with Crippen molar-refractivity contribution >= 4 is 82.1 Å². The van der Waals surface area contributed by atoms with Gasteiger partial charge in [-0.2, -0.15) is 0 Å². The number of halogens is 3. The zero-order valence-corrected chi connectivity index (χ0v) is 35.5. The van der Waals surface area contributed by atoms with E-state index in [2.05, 4.69) is 4.99 Å². The summed E-state index contributed by atoms with van der Waals surface area (Å²) in [6.45, 7) is 0.410. The standard InChI is InChI=1S/C43H42Cl3N5O9/c1-49(42(54)60-25-43(44,45)46)12-5-7-26-15-29-21-47-34-19-38(36(56-3)17-32(34)40(52)50(29)23-26)58-13-6-14-59-39-20-35-33(18-37(39)57-4)41(53)51-24-28(16-30(51)22-48-35)27-8-10-31(55-2)11-9-27/h5,7-11,17-24,29-30H,6,12-16,25H2,1-4H3/b7-5+. The number of carbonyl (C=O) groups is 3. The van der Waals surface area contributed by atoms with E-state index in [-0.39, 0.29) is 50.3 Å². The molecule has 3 aromatic rings. The van der Waals surface area contributed by atoms with Crippen LogP contribution in [-0.2, 0) is 4.74 Å². The van der Waals surface area contributed by atoms with E-state index in [4.69, 9.17) is 68.2 Å². The SMILES string of the molecule is COc1ccc(C2=CN3C(=O)c4cc(OC)c(OCCCOc5cc6c(cc5OC)C(=O)N5C=C(/C=C/CN(C)C(=O)OCC(Cl)(Cl)Cl)CC5C=N6)cc4N=CC3C2)cc1. The third kappa shape index (κ3) is 9.51. The number of ether oxygens (including phenoxy) is 6. The van der Waals surface area contributed by atoms with Crippen molar-refractivity contribution in [3.05, 3.63) is 95.3 Å². The van der Waals surface area contributed by atoms with Crippen molar-refractivity contribution in [2.75, 3.05) is 54.7 Å². The van der Waals surface area contributed by atoms with Gasteiger partial charge in [-0.25, -0.2) is 4.79 Å². The van der Waals surface area contributed by atoms with Gasteiger partial charge in [0.1, 0.15) is 12.4 Å². The summed E-state index contributed by atoms with van der Waals surface area (Å²) < 4.78 is 32.0. The molecule has 17 heteroatoms. The number of methoxy groups -OCH3 is 3. The number of fused-ring (bicyclic) bond motifs is 4. The van der Waals surface area contributed by atoms with E-state index in [1.165, 1.54) is 19.1 Å². The van der Waals surface area contributed by atoms with Gasteiger partial charge in [-0.3, -0.25) is 19.6 Å². The van der Waals surface area contributed by atoms with Gasteiger partial charge < -0.3 is 43.1 Å². The summed E-state index contributed by atoms with van der Waals surface area (Å²) in [5.74, 6) is 2.03. The summed E-state index contributed by atoms with van der Waals surface area (Å²) in [5, 5.41) is 0. The molecule has 0 fully saturated rings. The van der Waals surface area contributed by atoms with Crippen LogP contribution < -0.4 is 23.7 Å². The number of aliphatic imine (C=N–C) groups is 2. The minimum absolute atomic E-state index is 0.174. The zero-order valence-electron chi connectivity index (χ0n) is 33.2. The fraction of sp³-hybridized carbons (Fsp3) is 0.326. The van der Waals surface area contributed by atoms with Crippen molar-refractivity contribution in [3.63, 3.8) is 0 Å². The van der Waals surface area contributed by atoms with Crippen molar-refractivity contribution in [2.45, 2.75) is 35.1 Å². The summed E-state index contributed by atoms with van der Waals surface area (Å²) >= 11 is 17.0. The molecule has 0 radical (unpaired) electrons. The van der Waals surface area contributed by atoms with Gasteiger partial charge in [-0.15, -0.1) is 0 Å². The Bertz CT molecular complexity index is 2310. The van der Waals surface area contributed by atoms with Crippen molar-refractivity contribution in [3.8, 4) is 28.7 Å². The fourth-order valence-electron chi connectivity index (χ4n) is 7.01. The quantitative estimate of drug-likeness (QED) is 0.115. The monoisotopic (exact) mass is 877 g/mol. The second kappa shape index (κ2) is 18.3. The van der Waals surface area contributed by atoms with Crippen LogP contribution in [0.2, 0.25) is 0 Å². The number of hydrogen-bond donors (Lipinski definition) is 0. The lowest BCUT2D eigenvalue weighted by Gasteiger charge is -2.19. The Labute approximate surface area is 362 Å². The van der Waals surface area contributed by atoms with E-state index < -0.39 is 9.89 Å². The molecule has 4 heterocycles. The Morgan fingerprint density at radius 1 is 0.800 bits per heavy atom. The van der Waals surface area contributed by atoms with E-state index in [0.29, 0.717) is 64.8 Å². The van der Waals surface area contributed by atoms with Crippen LogP contribution in [-0.4, -0.2) is 116 Å². The number of allylic oxidation sites excluding steroid dienone is 1. The molecule has 4 aliphatic rings. The van der Waals surface area contributed by atoms with Gasteiger partial charge in [-0.05, 0) is 47.4 Å². The lowest BCUT2D eigenvalue weighted by atomic mass is 10.0. The van der Waals surface area contributed by atoms with Gasteiger partial charge >= 0.3 is 6.09 Å². The first kappa shape index (κ1) is 42.4. The van der Waals surface area contributed by atoms with Crippen LogP contribution in [0.15, 0.2) is 88.6 Å². The Kier molecular flexibility index (Phi) is 12.9. The van der Waals surface area contributed by atoms with Gasteiger partial charge in [-0.1, -0.05) is 59.1 Å².